The number of hydrogen-bond acceptors (Lipinski definition) is 2. The quantitative estimate of drug-likeness (QED) is 0.504. The largest absolute Gasteiger partial charge is 0.478 e. The number of carboxylic acid groups (broad SMARTS) is 1. The van der Waals surface area contributed by atoms with Crippen molar-refractivity contribution in [2.45, 2.75) is 12.8 Å². The van der Waals surface area contributed by atoms with Crippen molar-refractivity contribution in [3.8, 4) is 0 Å². The third-order valence-electron chi connectivity index (χ3n) is 1.12. The first-order valence-electron chi connectivity index (χ1n) is 3.93. The van der Waals surface area contributed by atoms with E-state index in [9.17, 15) is 4.79 Å². The fourth-order valence-corrected chi connectivity index (χ4v) is 0.383. The van der Waals surface area contributed by atoms with Crippen LogP contribution in [0.4, 0.5) is 0 Å². The molecule has 0 rings (SSSR count). The van der Waals surface area contributed by atoms with Crippen LogP contribution in [0, 0.1) is 0 Å². The first kappa shape index (κ1) is 14.2. The lowest BCUT2D eigenvalue weighted by molar-refractivity contribution is -0.132. The molecule has 13 heavy (non-hydrogen) atoms. The Morgan fingerprint density at radius 2 is 1.85 bits per heavy atom. The molecule has 0 fully saturated rings. The molecule has 0 atom stereocenters. The lowest BCUT2D eigenvalue weighted by atomic mass is 10.2. The number of carbonyl (C=O) groups is 1. The molecule has 0 aromatic carbocycles. The second kappa shape index (κ2) is 10.7. The van der Waals surface area contributed by atoms with Crippen LogP contribution in [0.15, 0.2) is 37.5 Å². The summed E-state index contributed by atoms with van der Waals surface area (Å²) in [5.74, 6) is -0.920. The van der Waals surface area contributed by atoms with Gasteiger partial charge in [-0.05, 0) is 12.8 Å². The van der Waals surface area contributed by atoms with Gasteiger partial charge in [0.05, 0.1) is 0 Å². The van der Waals surface area contributed by atoms with Crippen LogP contribution >= 0.6 is 0 Å². The first-order chi connectivity index (χ1) is 6.09. The van der Waals surface area contributed by atoms with Gasteiger partial charge in [0.25, 0.3) is 0 Å². The van der Waals surface area contributed by atoms with Crippen molar-refractivity contribution < 1.29 is 9.90 Å². The fourth-order valence-electron chi connectivity index (χ4n) is 0.383. The standard InChI is InChI=1S/C7H10O2.C3H7N/c1-3-4-5-6(2)7(8)9;1-2-3-4/h3H,1-2,4-5H2,(H,8,9);2H,1,3-4H2. The van der Waals surface area contributed by atoms with Crippen molar-refractivity contribution in [1.82, 2.24) is 0 Å². The highest BCUT2D eigenvalue weighted by Gasteiger charge is 1.99. The van der Waals surface area contributed by atoms with E-state index in [1.807, 2.05) is 0 Å². The lowest BCUT2D eigenvalue weighted by Gasteiger charge is -1.93. The third kappa shape index (κ3) is 13.6. The van der Waals surface area contributed by atoms with Gasteiger partial charge in [-0.25, -0.2) is 4.79 Å². The van der Waals surface area contributed by atoms with Crippen LogP contribution in [0.25, 0.3) is 0 Å². The van der Waals surface area contributed by atoms with Gasteiger partial charge in [-0.1, -0.05) is 18.7 Å². The van der Waals surface area contributed by atoms with E-state index in [0.29, 0.717) is 19.4 Å². The van der Waals surface area contributed by atoms with Gasteiger partial charge in [0.2, 0.25) is 0 Å². The summed E-state index contributed by atoms with van der Waals surface area (Å²) >= 11 is 0. The number of allylic oxidation sites excluding steroid dienone is 1. The average molecular weight is 183 g/mol. The number of aliphatic carboxylic acids is 1. The van der Waals surface area contributed by atoms with Crippen LogP contribution in [0.5, 0.6) is 0 Å². The van der Waals surface area contributed by atoms with Crippen molar-refractivity contribution in [2.75, 3.05) is 6.54 Å². The van der Waals surface area contributed by atoms with E-state index in [-0.39, 0.29) is 5.57 Å². The summed E-state index contributed by atoms with van der Waals surface area (Å²) in [4.78, 5) is 10.1. The summed E-state index contributed by atoms with van der Waals surface area (Å²) in [5, 5.41) is 8.27. The molecule has 74 valence electrons. The molecule has 3 N–H and O–H groups in total. The molecule has 3 nitrogen and oxygen atoms in total. The zero-order valence-corrected chi connectivity index (χ0v) is 7.83. The predicted molar refractivity (Wildman–Crippen MR) is 55.5 cm³/mol. The van der Waals surface area contributed by atoms with E-state index >= 15 is 0 Å². The van der Waals surface area contributed by atoms with Crippen LogP contribution in [0.3, 0.4) is 0 Å². The number of nitrogens with two attached hydrogens (primary N) is 1. The first-order valence-corrected chi connectivity index (χ1v) is 3.93. The van der Waals surface area contributed by atoms with E-state index in [4.69, 9.17) is 10.8 Å². The minimum atomic E-state index is -0.920. The zero-order chi connectivity index (χ0) is 10.7. The molecule has 0 bridgehead atoms. The average Bonchev–Trinajstić information content (AvgIpc) is 2.14. The summed E-state index contributed by atoms with van der Waals surface area (Å²) in [6, 6.07) is 0. The van der Waals surface area contributed by atoms with Gasteiger partial charge < -0.3 is 10.8 Å². The Kier molecular flexibility index (Phi) is 11.6. The molecule has 0 aliphatic carbocycles. The Labute approximate surface area is 79.3 Å². The Morgan fingerprint density at radius 1 is 1.38 bits per heavy atom. The molecule has 0 saturated carbocycles. The molecule has 0 aliphatic heterocycles. The molecule has 0 unspecified atom stereocenters. The Bertz CT molecular complexity index is 185. The van der Waals surface area contributed by atoms with Crippen LogP contribution in [-0.4, -0.2) is 17.6 Å². The molecule has 0 amide bonds. The minimum absolute atomic E-state index is 0.245. The topological polar surface area (TPSA) is 63.3 Å². The maximum absolute atomic E-state index is 10.1. The smallest absolute Gasteiger partial charge is 0.330 e. The summed E-state index contributed by atoms with van der Waals surface area (Å²) in [7, 11) is 0. The van der Waals surface area contributed by atoms with Crippen molar-refractivity contribution in [1.29, 1.82) is 0 Å². The van der Waals surface area contributed by atoms with Gasteiger partial charge in [0, 0.05) is 12.1 Å². The molecule has 0 heterocycles. The normalized spacial score (nSPS) is 7.77. The van der Waals surface area contributed by atoms with E-state index in [0.717, 1.165) is 0 Å². The minimum Gasteiger partial charge on any atom is -0.478 e. The molecular formula is C10H17NO2. The predicted octanol–water partition coefficient (Wildman–Crippen LogP) is 1.72. The van der Waals surface area contributed by atoms with E-state index in [2.05, 4.69) is 19.7 Å². The monoisotopic (exact) mass is 183 g/mol. The second-order valence-corrected chi connectivity index (χ2v) is 2.26. The van der Waals surface area contributed by atoms with E-state index < -0.39 is 5.97 Å². The third-order valence-corrected chi connectivity index (χ3v) is 1.12. The lowest BCUT2D eigenvalue weighted by Crippen LogP contribution is -1.97. The van der Waals surface area contributed by atoms with Crippen molar-refractivity contribution >= 4 is 5.97 Å². The number of carboxylic acids is 1. The molecule has 0 radical (unpaired) electrons. The van der Waals surface area contributed by atoms with Gasteiger partial charge in [0.1, 0.15) is 0 Å². The summed E-state index contributed by atoms with van der Waals surface area (Å²) < 4.78 is 0. The van der Waals surface area contributed by atoms with Crippen molar-refractivity contribution in [3.05, 3.63) is 37.5 Å². The molecule has 0 aromatic heterocycles. The van der Waals surface area contributed by atoms with Gasteiger partial charge in [-0.15, -0.1) is 13.2 Å². The zero-order valence-electron chi connectivity index (χ0n) is 7.83. The van der Waals surface area contributed by atoms with Crippen LogP contribution < -0.4 is 5.73 Å². The molecule has 0 spiro atoms. The van der Waals surface area contributed by atoms with Crippen molar-refractivity contribution in [2.24, 2.45) is 5.73 Å². The Morgan fingerprint density at radius 3 is 2.08 bits per heavy atom. The highest BCUT2D eigenvalue weighted by Crippen LogP contribution is 2.01. The SMILES string of the molecule is C=CCCC(=C)C(=O)O.C=CCN. The summed E-state index contributed by atoms with van der Waals surface area (Å²) in [6.07, 6.45) is 4.51. The highest BCUT2D eigenvalue weighted by molar-refractivity contribution is 5.85. The van der Waals surface area contributed by atoms with Crippen LogP contribution in [0.2, 0.25) is 0 Å². The molecular weight excluding hydrogens is 166 g/mol. The molecule has 0 aromatic rings. The maximum Gasteiger partial charge on any atom is 0.330 e. The summed E-state index contributed by atoms with van der Waals surface area (Å²) in [6.45, 7) is 10.7. The number of rotatable bonds is 5. The fraction of sp³-hybridized carbons (Fsp3) is 0.300. The molecule has 3 heteroatoms. The highest BCUT2D eigenvalue weighted by atomic mass is 16.4. The van der Waals surface area contributed by atoms with Crippen LogP contribution in [-0.2, 0) is 4.79 Å². The van der Waals surface area contributed by atoms with Gasteiger partial charge >= 0.3 is 5.97 Å². The Hall–Kier alpha value is -1.35. The van der Waals surface area contributed by atoms with Crippen LogP contribution in [0.1, 0.15) is 12.8 Å². The van der Waals surface area contributed by atoms with Gasteiger partial charge in [-0.3, -0.25) is 0 Å². The molecule has 0 saturated heterocycles. The van der Waals surface area contributed by atoms with Gasteiger partial charge in [0.15, 0.2) is 0 Å². The van der Waals surface area contributed by atoms with Gasteiger partial charge in [-0.2, -0.15) is 0 Å². The number of hydrogen-bond donors (Lipinski definition) is 2. The molecule has 0 aliphatic rings. The van der Waals surface area contributed by atoms with Crippen molar-refractivity contribution in [3.63, 3.8) is 0 Å². The summed E-state index contributed by atoms with van der Waals surface area (Å²) in [5.41, 5.74) is 5.16. The maximum atomic E-state index is 10.1. The van der Waals surface area contributed by atoms with E-state index in [1.165, 1.54) is 0 Å². The second-order valence-electron chi connectivity index (χ2n) is 2.26. The Balaban J connectivity index is 0. The van der Waals surface area contributed by atoms with E-state index in [1.54, 1.807) is 12.2 Å².